The molecule has 0 bridgehead atoms. The summed E-state index contributed by atoms with van der Waals surface area (Å²) < 4.78 is 31.4. The Labute approximate surface area is 202 Å². The Balaban J connectivity index is 2.36. The molecule has 2 aromatic rings. The maximum atomic E-state index is 13.5. The van der Waals surface area contributed by atoms with Crippen LogP contribution in [0.15, 0.2) is 48.5 Å². The van der Waals surface area contributed by atoms with Gasteiger partial charge in [-0.15, -0.1) is 0 Å². The summed E-state index contributed by atoms with van der Waals surface area (Å²) in [5.74, 6) is -0.0992. The number of aryl methyl sites for hydroxylation is 1. The van der Waals surface area contributed by atoms with Gasteiger partial charge in [0.05, 0.1) is 19.1 Å². The van der Waals surface area contributed by atoms with Gasteiger partial charge in [-0.25, -0.2) is 8.42 Å². The van der Waals surface area contributed by atoms with Crippen molar-refractivity contribution in [3.05, 3.63) is 59.7 Å². The van der Waals surface area contributed by atoms with Crippen LogP contribution in [0.5, 0.6) is 5.75 Å². The number of sulfonamides is 1. The summed E-state index contributed by atoms with van der Waals surface area (Å²) in [6, 6.07) is 13.2. The van der Waals surface area contributed by atoms with Crippen molar-refractivity contribution in [3.63, 3.8) is 0 Å². The molecule has 34 heavy (non-hydrogen) atoms. The highest BCUT2D eigenvalue weighted by molar-refractivity contribution is 7.92. The number of benzene rings is 2. The van der Waals surface area contributed by atoms with Crippen molar-refractivity contribution in [2.75, 3.05) is 24.2 Å². The quantitative estimate of drug-likeness (QED) is 0.523. The minimum Gasteiger partial charge on any atom is -0.497 e. The summed E-state index contributed by atoms with van der Waals surface area (Å²) in [5, 5.41) is 2.91. The minimum absolute atomic E-state index is 0.0482. The first-order valence-corrected chi connectivity index (χ1v) is 13.1. The zero-order valence-corrected chi connectivity index (χ0v) is 21.6. The van der Waals surface area contributed by atoms with E-state index in [1.807, 2.05) is 32.9 Å². The largest absolute Gasteiger partial charge is 0.497 e. The highest BCUT2D eigenvalue weighted by atomic mass is 32.2. The first kappa shape index (κ1) is 27.2. The molecule has 0 aliphatic heterocycles. The van der Waals surface area contributed by atoms with Gasteiger partial charge in [-0.3, -0.25) is 13.9 Å². The molecule has 0 fully saturated rings. The van der Waals surface area contributed by atoms with Gasteiger partial charge in [-0.05, 0) is 57.0 Å². The van der Waals surface area contributed by atoms with E-state index in [9.17, 15) is 18.0 Å². The molecule has 0 aromatic heterocycles. The number of carbonyl (C=O) groups excluding carboxylic acids is 2. The first-order chi connectivity index (χ1) is 16.0. The van der Waals surface area contributed by atoms with Gasteiger partial charge in [0, 0.05) is 12.6 Å². The van der Waals surface area contributed by atoms with Crippen LogP contribution in [0.2, 0.25) is 0 Å². The molecule has 8 nitrogen and oxygen atoms in total. The Morgan fingerprint density at radius 1 is 1.03 bits per heavy atom. The number of methoxy groups -OCH3 is 1. The van der Waals surface area contributed by atoms with E-state index in [4.69, 9.17) is 4.74 Å². The molecule has 0 aliphatic carbocycles. The highest BCUT2D eigenvalue weighted by Crippen LogP contribution is 2.20. The van der Waals surface area contributed by atoms with E-state index in [-0.39, 0.29) is 18.5 Å². The Bertz CT molecular complexity index is 1070. The molecule has 0 heterocycles. The molecule has 0 unspecified atom stereocenters. The van der Waals surface area contributed by atoms with Gasteiger partial charge in [0.2, 0.25) is 21.8 Å². The fourth-order valence-corrected chi connectivity index (χ4v) is 4.15. The molecule has 0 spiro atoms. The number of ether oxygens (including phenoxy) is 1. The van der Waals surface area contributed by atoms with Crippen molar-refractivity contribution in [3.8, 4) is 5.75 Å². The normalized spacial score (nSPS) is 13.0. The minimum atomic E-state index is -3.74. The zero-order chi connectivity index (χ0) is 25.5. The van der Waals surface area contributed by atoms with Gasteiger partial charge < -0.3 is 15.0 Å². The van der Waals surface area contributed by atoms with Crippen LogP contribution >= 0.6 is 0 Å². The fourth-order valence-electron chi connectivity index (χ4n) is 3.30. The second-order valence-corrected chi connectivity index (χ2v) is 10.4. The van der Waals surface area contributed by atoms with Gasteiger partial charge in [-0.1, -0.05) is 36.8 Å². The highest BCUT2D eigenvalue weighted by Gasteiger charge is 2.30. The van der Waals surface area contributed by atoms with E-state index in [1.165, 1.54) is 4.90 Å². The molecule has 0 aliphatic rings. The van der Waals surface area contributed by atoms with E-state index in [0.717, 1.165) is 28.1 Å². The number of amides is 2. The summed E-state index contributed by atoms with van der Waals surface area (Å²) in [5.41, 5.74) is 2.15. The SMILES string of the molecule is CC[C@@H](C)NC(=O)[C@H](C)N(Cc1ccc(OC)cc1)C(=O)CN(c1ccc(C)cc1)S(C)(=O)=O. The topological polar surface area (TPSA) is 96.0 Å². The van der Waals surface area contributed by atoms with E-state index >= 15 is 0 Å². The summed E-state index contributed by atoms with van der Waals surface area (Å²) in [6.45, 7) is 7.12. The Hall–Kier alpha value is -3.07. The second kappa shape index (κ2) is 11.9. The average Bonchev–Trinajstić information content (AvgIpc) is 2.80. The monoisotopic (exact) mass is 489 g/mol. The number of carbonyl (C=O) groups is 2. The zero-order valence-electron chi connectivity index (χ0n) is 20.7. The maximum absolute atomic E-state index is 13.5. The van der Waals surface area contributed by atoms with Crippen molar-refractivity contribution in [2.45, 2.75) is 52.7 Å². The lowest BCUT2D eigenvalue weighted by atomic mass is 10.1. The van der Waals surface area contributed by atoms with Gasteiger partial charge in [0.25, 0.3) is 0 Å². The molecule has 186 valence electrons. The van der Waals surface area contributed by atoms with E-state index < -0.39 is 28.5 Å². The van der Waals surface area contributed by atoms with Crippen molar-refractivity contribution in [1.82, 2.24) is 10.2 Å². The molecule has 1 N–H and O–H groups in total. The van der Waals surface area contributed by atoms with Crippen molar-refractivity contribution in [1.29, 1.82) is 0 Å². The predicted octanol–water partition coefficient (Wildman–Crippen LogP) is 3.10. The van der Waals surface area contributed by atoms with E-state index in [2.05, 4.69) is 5.32 Å². The number of hydrogen-bond donors (Lipinski definition) is 1. The molecule has 2 aromatic carbocycles. The summed E-state index contributed by atoms with van der Waals surface area (Å²) in [6.07, 6.45) is 1.81. The maximum Gasteiger partial charge on any atom is 0.244 e. The Kier molecular flexibility index (Phi) is 9.49. The second-order valence-electron chi connectivity index (χ2n) is 8.47. The molecular formula is C25H35N3O5S. The van der Waals surface area contributed by atoms with Gasteiger partial charge in [-0.2, -0.15) is 0 Å². The van der Waals surface area contributed by atoms with Crippen LogP contribution in [0.25, 0.3) is 0 Å². The van der Waals surface area contributed by atoms with Crippen LogP contribution in [-0.2, 0) is 26.2 Å². The van der Waals surface area contributed by atoms with Crippen LogP contribution in [-0.4, -0.2) is 57.1 Å². The van der Waals surface area contributed by atoms with Crippen LogP contribution < -0.4 is 14.4 Å². The predicted molar refractivity (Wildman–Crippen MR) is 134 cm³/mol. The number of nitrogens with zero attached hydrogens (tertiary/aromatic N) is 2. The van der Waals surface area contributed by atoms with Gasteiger partial charge >= 0.3 is 0 Å². The Morgan fingerprint density at radius 3 is 2.12 bits per heavy atom. The molecule has 2 atom stereocenters. The molecule has 0 saturated heterocycles. The third kappa shape index (κ3) is 7.48. The first-order valence-electron chi connectivity index (χ1n) is 11.2. The lowest BCUT2D eigenvalue weighted by Crippen LogP contribution is -2.52. The van der Waals surface area contributed by atoms with Crippen LogP contribution in [0.4, 0.5) is 5.69 Å². The van der Waals surface area contributed by atoms with Crippen molar-refractivity contribution >= 4 is 27.5 Å². The smallest absolute Gasteiger partial charge is 0.244 e. The average molecular weight is 490 g/mol. The van der Waals surface area contributed by atoms with Crippen LogP contribution in [0, 0.1) is 6.92 Å². The van der Waals surface area contributed by atoms with E-state index in [0.29, 0.717) is 11.4 Å². The fraction of sp³-hybridized carbons (Fsp3) is 0.440. The van der Waals surface area contributed by atoms with Crippen molar-refractivity contribution < 1.29 is 22.7 Å². The molecule has 0 saturated carbocycles. The van der Waals surface area contributed by atoms with E-state index in [1.54, 1.807) is 50.4 Å². The molecular weight excluding hydrogens is 454 g/mol. The standard InChI is InChI=1S/C25H35N3O5S/c1-7-19(3)26-25(30)20(4)27(16-21-10-14-23(33-5)15-11-21)24(29)17-28(34(6,31)32)22-12-8-18(2)9-13-22/h8-15,19-20H,7,16-17H2,1-6H3,(H,26,30)/t19-,20+/m1/s1. The Morgan fingerprint density at radius 2 is 1.62 bits per heavy atom. The number of anilines is 1. The number of nitrogens with one attached hydrogen (secondary N) is 1. The molecule has 9 heteroatoms. The third-order valence-electron chi connectivity index (χ3n) is 5.68. The van der Waals surface area contributed by atoms with Gasteiger partial charge in [0.1, 0.15) is 18.3 Å². The summed E-state index contributed by atoms with van der Waals surface area (Å²) in [7, 11) is -2.17. The number of hydrogen-bond acceptors (Lipinski definition) is 5. The summed E-state index contributed by atoms with van der Waals surface area (Å²) >= 11 is 0. The lowest BCUT2D eigenvalue weighted by molar-refractivity contribution is -0.139. The lowest BCUT2D eigenvalue weighted by Gasteiger charge is -2.32. The molecule has 2 amide bonds. The number of rotatable bonds is 11. The third-order valence-corrected chi connectivity index (χ3v) is 6.82. The summed E-state index contributed by atoms with van der Waals surface area (Å²) in [4.78, 5) is 27.8. The molecule has 0 radical (unpaired) electrons. The van der Waals surface area contributed by atoms with Crippen molar-refractivity contribution in [2.24, 2.45) is 0 Å². The van der Waals surface area contributed by atoms with Crippen LogP contribution in [0.1, 0.15) is 38.3 Å². The van der Waals surface area contributed by atoms with Gasteiger partial charge in [0.15, 0.2) is 0 Å². The van der Waals surface area contributed by atoms with Crippen LogP contribution in [0.3, 0.4) is 0 Å². The molecule has 2 rings (SSSR count).